The Balaban J connectivity index is 1.82. The molecule has 1 aliphatic heterocycles. The molecule has 0 spiro atoms. The molecule has 0 bridgehead atoms. The molecule has 1 aromatic heterocycles. The van der Waals surface area contributed by atoms with Gasteiger partial charge in [0.25, 0.3) is 5.91 Å². The van der Waals surface area contributed by atoms with Gasteiger partial charge in [-0.3, -0.25) is 14.4 Å². The van der Waals surface area contributed by atoms with Crippen LogP contribution in [0.4, 0.5) is 0 Å². The van der Waals surface area contributed by atoms with Crippen molar-refractivity contribution in [2.45, 2.75) is 39.3 Å². The van der Waals surface area contributed by atoms with E-state index in [1.54, 1.807) is 19.1 Å². The fourth-order valence-corrected chi connectivity index (χ4v) is 2.56. The summed E-state index contributed by atoms with van der Waals surface area (Å²) >= 11 is 0. The number of rotatable bonds is 7. The van der Waals surface area contributed by atoms with Crippen molar-refractivity contribution in [2.24, 2.45) is 11.8 Å². The molecule has 2 rings (SSSR count). The first-order valence-corrected chi connectivity index (χ1v) is 8.44. The number of furan rings is 1. The zero-order valence-electron chi connectivity index (χ0n) is 15.2. The average Bonchev–Trinajstić information content (AvgIpc) is 3.23. The van der Waals surface area contributed by atoms with Crippen LogP contribution in [0.5, 0.6) is 0 Å². The molecule has 1 saturated heterocycles. The summed E-state index contributed by atoms with van der Waals surface area (Å²) in [6, 6.07) is 5.53. The van der Waals surface area contributed by atoms with E-state index in [2.05, 4.69) is 11.4 Å². The van der Waals surface area contributed by atoms with Gasteiger partial charge in [0.15, 0.2) is 6.61 Å². The second-order valence-corrected chi connectivity index (χ2v) is 6.88. The van der Waals surface area contributed by atoms with Crippen LogP contribution in [0.3, 0.4) is 0 Å². The summed E-state index contributed by atoms with van der Waals surface area (Å²) in [7, 11) is 0. The van der Waals surface area contributed by atoms with Gasteiger partial charge in [-0.15, -0.1) is 0 Å². The van der Waals surface area contributed by atoms with Crippen LogP contribution in [0.2, 0.25) is 0 Å². The van der Waals surface area contributed by atoms with Gasteiger partial charge in [-0.25, -0.2) is 0 Å². The van der Waals surface area contributed by atoms with Crippen molar-refractivity contribution >= 4 is 17.8 Å². The Bertz CT molecular complexity index is 707. The standard InChI is InChI=1S/C18H23N3O5/c1-12(2)18(3,11-19)20-15(22)10-26-17(24)13-7-16(23)21(8-13)9-14-5-4-6-25-14/h4-6,12-13H,7-10H2,1-3H3,(H,20,22)/t13-,18-/m0/s1. The third kappa shape index (κ3) is 4.63. The Hall–Kier alpha value is -2.82. The van der Waals surface area contributed by atoms with E-state index in [0.717, 1.165) is 0 Å². The van der Waals surface area contributed by atoms with E-state index in [0.29, 0.717) is 12.3 Å². The number of carbonyl (C=O) groups excluding carboxylic acids is 3. The number of esters is 1. The van der Waals surface area contributed by atoms with E-state index in [-0.39, 0.29) is 24.8 Å². The van der Waals surface area contributed by atoms with Gasteiger partial charge in [-0.2, -0.15) is 5.26 Å². The molecule has 1 aromatic rings. The molecule has 8 nitrogen and oxygen atoms in total. The first-order valence-electron chi connectivity index (χ1n) is 8.44. The maximum Gasteiger partial charge on any atom is 0.311 e. The van der Waals surface area contributed by atoms with Gasteiger partial charge in [0.05, 0.1) is 24.8 Å². The highest BCUT2D eigenvalue weighted by Gasteiger charge is 2.36. The molecular weight excluding hydrogens is 338 g/mol. The molecule has 26 heavy (non-hydrogen) atoms. The van der Waals surface area contributed by atoms with Crippen molar-refractivity contribution in [1.29, 1.82) is 5.26 Å². The van der Waals surface area contributed by atoms with Crippen molar-refractivity contribution in [1.82, 2.24) is 10.2 Å². The highest BCUT2D eigenvalue weighted by molar-refractivity contribution is 5.88. The molecule has 2 heterocycles. The van der Waals surface area contributed by atoms with Crippen LogP contribution in [0.1, 0.15) is 33.0 Å². The maximum atomic E-state index is 12.1. The summed E-state index contributed by atoms with van der Waals surface area (Å²) < 4.78 is 10.2. The van der Waals surface area contributed by atoms with Crippen molar-refractivity contribution in [3.05, 3.63) is 24.2 Å². The zero-order chi connectivity index (χ0) is 19.3. The summed E-state index contributed by atoms with van der Waals surface area (Å²) in [6.45, 7) is 5.28. The molecule has 1 aliphatic rings. The molecule has 1 fully saturated rings. The number of amides is 2. The summed E-state index contributed by atoms with van der Waals surface area (Å²) in [5, 5.41) is 11.8. The van der Waals surface area contributed by atoms with Gasteiger partial charge < -0.3 is 19.4 Å². The molecule has 0 saturated carbocycles. The maximum absolute atomic E-state index is 12.1. The molecular formula is C18H23N3O5. The van der Waals surface area contributed by atoms with Crippen molar-refractivity contribution in [2.75, 3.05) is 13.2 Å². The number of hydrogen-bond acceptors (Lipinski definition) is 6. The van der Waals surface area contributed by atoms with Crippen LogP contribution in [0.15, 0.2) is 22.8 Å². The fraction of sp³-hybridized carbons (Fsp3) is 0.556. The number of carbonyl (C=O) groups is 3. The third-order valence-electron chi connectivity index (χ3n) is 4.61. The number of likely N-dealkylation sites (tertiary alicyclic amines) is 1. The summed E-state index contributed by atoms with van der Waals surface area (Å²) in [6.07, 6.45) is 1.56. The van der Waals surface area contributed by atoms with E-state index in [4.69, 9.17) is 9.15 Å². The number of nitrogens with one attached hydrogen (secondary N) is 1. The highest BCUT2D eigenvalue weighted by atomic mass is 16.5. The second kappa shape index (κ2) is 8.04. The zero-order valence-corrected chi connectivity index (χ0v) is 15.2. The summed E-state index contributed by atoms with van der Waals surface area (Å²) in [5.41, 5.74) is -1.04. The molecule has 0 aliphatic carbocycles. The minimum atomic E-state index is -1.04. The van der Waals surface area contributed by atoms with Gasteiger partial charge in [0.1, 0.15) is 11.3 Å². The van der Waals surface area contributed by atoms with Crippen LogP contribution >= 0.6 is 0 Å². The first-order chi connectivity index (χ1) is 12.2. The van der Waals surface area contributed by atoms with E-state index in [1.807, 2.05) is 13.8 Å². The lowest BCUT2D eigenvalue weighted by Crippen LogP contribution is -2.50. The Morgan fingerprint density at radius 2 is 2.27 bits per heavy atom. The predicted molar refractivity (Wildman–Crippen MR) is 90.2 cm³/mol. The van der Waals surface area contributed by atoms with Crippen LogP contribution < -0.4 is 5.32 Å². The van der Waals surface area contributed by atoms with Gasteiger partial charge in [-0.05, 0) is 25.0 Å². The number of ether oxygens (including phenoxy) is 1. The van der Waals surface area contributed by atoms with E-state index >= 15 is 0 Å². The lowest BCUT2D eigenvalue weighted by Gasteiger charge is -2.27. The number of nitriles is 1. The molecule has 0 aromatic carbocycles. The lowest BCUT2D eigenvalue weighted by atomic mass is 9.90. The van der Waals surface area contributed by atoms with Crippen LogP contribution in [0, 0.1) is 23.2 Å². The minimum Gasteiger partial charge on any atom is -0.467 e. The first kappa shape index (κ1) is 19.5. The quantitative estimate of drug-likeness (QED) is 0.731. The monoisotopic (exact) mass is 361 g/mol. The van der Waals surface area contributed by atoms with E-state index in [1.165, 1.54) is 11.2 Å². The molecule has 1 N–H and O–H groups in total. The smallest absolute Gasteiger partial charge is 0.311 e. The molecule has 2 amide bonds. The van der Waals surface area contributed by atoms with Gasteiger partial charge in [-0.1, -0.05) is 13.8 Å². The van der Waals surface area contributed by atoms with Gasteiger partial charge >= 0.3 is 5.97 Å². The minimum absolute atomic E-state index is 0.0447. The van der Waals surface area contributed by atoms with Crippen molar-refractivity contribution < 1.29 is 23.5 Å². The van der Waals surface area contributed by atoms with E-state index < -0.39 is 29.9 Å². The largest absolute Gasteiger partial charge is 0.467 e. The Kier molecular flexibility index (Phi) is 6.03. The SMILES string of the molecule is CC(C)[C@](C)(C#N)NC(=O)COC(=O)[C@H]1CC(=O)N(Cc2ccco2)C1. The number of nitrogens with zero attached hydrogens (tertiary/aromatic N) is 2. The van der Waals surface area contributed by atoms with Crippen LogP contribution in [-0.2, 0) is 25.7 Å². The van der Waals surface area contributed by atoms with E-state index in [9.17, 15) is 19.6 Å². The fourth-order valence-electron chi connectivity index (χ4n) is 2.56. The van der Waals surface area contributed by atoms with Gasteiger partial charge in [0.2, 0.25) is 5.91 Å². The third-order valence-corrected chi connectivity index (χ3v) is 4.61. The van der Waals surface area contributed by atoms with Crippen LogP contribution in [-0.4, -0.2) is 41.4 Å². The predicted octanol–water partition coefficient (Wildman–Crippen LogP) is 1.23. The van der Waals surface area contributed by atoms with Crippen molar-refractivity contribution in [3.8, 4) is 6.07 Å². The molecule has 8 heteroatoms. The van der Waals surface area contributed by atoms with Gasteiger partial charge in [0, 0.05) is 13.0 Å². The summed E-state index contributed by atoms with van der Waals surface area (Å²) in [4.78, 5) is 37.6. The Morgan fingerprint density at radius 3 is 2.85 bits per heavy atom. The number of hydrogen-bond donors (Lipinski definition) is 1. The second-order valence-electron chi connectivity index (χ2n) is 6.88. The van der Waals surface area contributed by atoms with Crippen molar-refractivity contribution in [3.63, 3.8) is 0 Å². The molecule has 140 valence electrons. The van der Waals surface area contributed by atoms with Crippen LogP contribution in [0.25, 0.3) is 0 Å². The molecule has 0 unspecified atom stereocenters. The lowest BCUT2D eigenvalue weighted by molar-refractivity contribution is -0.152. The Labute approximate surface area is 152 Å². The molecule has 2 atom stereocenters. The molecule has 0 radical (unpaired) electrons. The highest BCUT2D eigenvalue weighted by Crippen LogP contribution is 2.21. The Morgan fingerprint density at radius 1 is 1.54 bits per heavy atom. The summed E-state index contributed by atoms with van der Waals surface area (Å²) in [5.74, 6) is -1.39. The normalized spacial score (nSPS) is 19.1. The topological polar surface area (TPSA) is 113 Å². The average molecular weight is 361 g/mol.